The summed E-state index contributed by atoms with van der Waals surface area (Å²) in [5, 5.41) is 12.4. The lowest BCUT2D eigenvalue weighted by Gasteiger charge is -2.09. The van der Waals surface area contributed by atoms with Crippen molar-refractivity contribution in [2.45, 2.75) is 6.61 Å². The van der Waals surface area contributed by atoms with E-state index < -0.39 is 0 Å². The summed E-state index contributed by atoms with van der Waals surface area (Å²) in [4.78, 5) is 4.69. The molecule has 0 spiro atoms. The first kappa shape index (κ1) is 22.1. The molecule has 6 heteroatoms. The van der Waals surface area contributed by atoms with Crippen LogP contribution in [0.15, 0.2) is 78.2 Å². The molecular formula is C27H22N2O3S. The number of benzene rings is 3. The van der Waals surface area contributed by atoms with Crippen molar-refractivity contribution in [2.24, 2.45) is 0 Å². The quantitative estimate of drug-likeness (QED) is 0.286. The van der Waals surface area contributed by atoms with Crippen LogP contribution in [0.5, 0.6) is 17.2 Å². The lowest BCUT2D eigenvalue weighted by Crippen LogP contribution is -1.96. The van der Waals surface area contributed by atoms with Gasteiger partial charge in [0.1, 0.15) is 23.4 Å². The van der Waals surface area contributed by atoms with Crippen LogP contribution in [0, 0.1) is 11.3 Å². The topological polar surface area (TPSA) is 64.4 Å². The van der Waals surface area contributed by atoms with Crippen LogP contribution in [0.25, 0.3) is 22.9 Å². The third-order valence-electron chi connectivity index (χ3n) is 4.99. The highest BCUT2D eigenvalue weighted by Gasteiger charge is 2.13. The number of allylic oxidation sites excluding steroid dienone is 1. The van der Waals surface area contributed by atoms with Crippen molar-refractivity contribution in [3.63, 3.8) is 0 Å². The molecule has 4 rings (SSSR count). The van der Waals surface area contributed by atoms with E-state index in [0.717, 1.165) is 22.4 Å². The van der Waals surface area contributed by atoms with Crippen LogP contribution in [0.1, 0.15) is 16.1 Å². The second-order valence-electron chi connectivity index (χ2n) is 7.09. The summed E-state index contributed by atoms with van der Waals surface area (Å²) in [6, 6.07) is 25.6. The van der Waals surface area contributed by atoms with Gasteiger partial charge < -0.3 is 14.2 Å². The minimum atomic E-state index is 0.453. The fourth-order valence-electron chi connectivity index (χ4n) is 3.29. The zero-order valence-electron chi connectivity index (χ0n) is 18.3. The predicted molar refractivity (Wildman–Crippen MR) is 131 cm³/mol. The van der Waals surface area contributed by atoms with E-state index in [1.807, 2.05) is 84.3 Å². The molecule has 0 aliphatic rings. The van der Waals surface area contributed by atoms with Crippen LogP contribution in [0.2, 0.25) is 0 Å². The zero-order valence-corrected chi connectivity index (χ0v) is 19.1. The van der Waals surface area contributed by atoms with E-state index in [-0.39, 0.29) is 0 Å². The smallest absolute Gasteiger partial charge is 0.161 e. The summed E-state index contributed by atoms with van der Waals surface area (Å²) in [6.45, 7) is 0.453. The summed E-state index contributed by atoms with van der Waals surface area (Å²) >= 11 is 1.42. The third kappa shape index (κ3) is 5.22. The Hall–Kier alpha value is -4.08. The molecule has 0 bridgehead atoms. The molecule has 0 atom stereocenters. The van der Waals surface area contributed by atoms with Crippen molar-refractivity contribution in [2.75, 3.05) is 14.2 Å². The Bertz CT molecular complexity index is 1310. The van der Waals surface area contributed by atoms with Crippen molar-refractivity contribution >= 4 is 23.0 Å². The Morgan fingerprint density at radius 1 is 0.939 bits per heavy atom. The highest BCUT2D eigenvalue weighted by atomic mass is 32.1. The fraction of sp³-hybridized carbons (Fsp3) is 0.111. The van der Waals surface area contributed by atoms with Crippen LogP contribution >= 0.6 is 11.3 Å². The van der Waals surface area contributed by atoms with Crippen molar-refractivity contribution in [3.05, 3.63) is 94.3 Å². The molecule has 0 saturated carbocycles. The molecule has 0 amide bonds. The van der Waals surface area contributed by atoms with E-state index in [9.17, 15) is 5.26 Å². The SMILES string of the molecule is COc1ccc(-c2csc(/C(C#N)=C/c3ccccc3OCc3ccccc3)n2)cc1OC. The van der Waals surface area contributed by atoms with E-state index in [2.05, 4.69) is 6.07 Å². The van der Waals surface area contributed by atoms with Gasteiger partial charge in [0, 0.05) is 16.5 Å². The standard InChI is InChI=1S/C27H22N2O3S/c1-30-25-13-12-20(15-26(25)31-2)23-18-33-27(29-23)22(16-28)14-21-10-6-7-11-24(21)32-17-19-8-4-3-5-9-19/h3-15,18H,17H2,1-2H3/b22-14+. The fourth-order valence-corrected chi connectivity index (χ4v) is 4.08. The molecule has 5 nitrogen and oxygen atoms in total. The highest BCUT2D eigenvalue weighted by Crippen LogP contribution is 2.34. The van der Waals surface area contributed by atoms with E-state index in [0.29, 0.717) is 34.4 Å². The van der Waals surface area contributed by atoms with Crippen LogP contribution < -0.4 is 14.2 Å². The molecule has 0 aliphatic heterocycles. The molecule has 0 aliphatic carbocycles. The van der Waals surface area contributed by atoms with E-state index in [1.54, 1.807) is 14.2 Å². The molecule has 3 aromatic carbocycles. The number of ether oxygens (including phenoxy) is 3. The molecule has 0 radical (unpaired) electrons. The minimum absolute atomic E-state index is 0.453. The van der Waals surface area contributed by atoms with E-state index in [1.165, 1.54) is 11.3 Å². The summed E-state index contributed by atoms with van der Waals surface area (Å²) in [5.41, 5.74) is 4.04. The summed E-state index contributed by atoms with van der Waals surface area (Å²) in [6.07, 6.45) is 1.82. The van der Waals surface area contributed by atoms with E-state index >= 15 is 0 Å². The first-order chi connectivity index (χ1) is 16.2. The molecule has 4 aromatic rings. The lowest BCUT2D eigenvalue weighted by atomic mass is 10.1. The number of methoxy groups -OCH3 is 2. The second kappa shape index (κ2) is 10.5. The molecule has 0 unspecified atom stereocenters. The number of nitriles is 1. The first-order valence-electron chi connectivity index (χ1n) is 10.3. The monoisotopic (exact) mass is 454 g/mol. The van der Waals surface area contributed by atoms with Gasteiger partial charge in [-0.3, -0.25) is 0 Å². The Labute approximate surface area is 197 Å². The van der Waals surface area contributed by atoms with Gasteiger partial charge in [0.15, 0.2) is 11.5 Å². The van der Waals surface area contributed by atoms with Gasteiger partial charge in [-0.2, -0.15) is 5.26 Å². The van der Waals surface area contributed by atoms with Gasteiger partial charge >= 0.3 is 0 Å². The van der Waals surface area contributed by atoms with Crippen molar-refractivity contribution in [1.82, 2.24) is 4.98 Å². The Balaban J connectivity index is 1.60. The largest absolute Gasteiger partial charge is 0.493 e. The maximum absolute atomic E-state index is 9.84. The number of hydrogen-bond acceptors (Lipinski definition) is 6. The van der Waals surface area contributed by atoms with Gasteiger partial charge in [-0.1, -0.05) is 48.5 Å². The first-order valence-corrected chi connectivity index (χ1v) is 11.2. The maximum Gasteiger partial charge on any atom is 0.161 e. The molecule has 164 valence electrons. The number of nitrogens with zero attached hydrogens (tertiary/aromatic N) is 2. The zero-order chi connectivity index (χ0) is 23.0. The van der Waals surface area contributed by atoms with Gasteiger partial charge in [-0.05, 0) is 35.9 Å². The van der Waals surface area contributed by atoms with Crippen LogP contribution in [-0.2, 0) is 6.61 Å². The number of rotatable bonds is 8. The Morgan fingerprint density at radius 3 is 2.45 bits per heavy atom. The molecule has 1 heterocycles. The van der Waals surface area contributed by atoms with Crippen molar-refractivity contribution in [1.29, 1.82) is 5.26 Å². The summed E-state index contributed by atoms with van der Waals surface area (Å²) in [7, 11) is 3.20. The number of aromatic nitrogens is 1. The highest BCUT2D eigenvalue weighted by molar-refractivity contribution is 7.11. The van der Waals surface area contributed by atoms with Crippen molar-refractivity contribution < 1.29 is 14.2 Å². The van der Waals surface area contributed by atoms with Gasteiger partial charge in [0.25, 0.3) is 0 Å². The summed E-state index contributed by atoms with van der Waals surface area (Å²) in [5.74, 6) is 2.00. The molecular weight excluding hydrogens is 432 g/mol. The second-order valence-corrected chi connectivity index (χ2v) is 7.95. The molecule has 0 saturated heterocycles. The van der Waals surface area contributed by atoms with Gasteiger partial charge in [-0.15, -0.1) is 11.3 Å². The molecule has 0 N–H and O–H groups in total. The van der Waals surface area contributed by atoms with E-state index in [4.69, 9.17) is 19.2 Å². The lowest BCUT2D eigenvalue weighted by molar-refractivity contribution is 0.305. The van der Waals surface area contributed by atoms with Gasteiger partial charge in [-0.25, -0.2) is 4.98 Å². The molecule has 1 aromatic heterocycles. The van der Waals surface area contributed by atoms with Gasteiger partial charge in [0.2, 0.25) is 0 Å². The third-order valence-corrected chi connectivity index (χ3v) is 5.87. The Morgan fingerprint density at radius 2 is 1.70 bits per heavy atom. The minimum Gasteiger partial charge on any atom is -0.493 e. The van der Waals surface area contributed by atoms with Crippen molar-refractivity contribution in [3.8, 4) is 34.6 Å². The molecule has 0 fully saturated rings. The van der Waals surface area contributed by atoms with Crippen LogP contribution in [-0.4, -0.2) is 19.2 Å². The van der Waals surface area contributed by atoms with Crippen LogP contribution in [0.4, 0.5) is 0 Å². The maximum atomic E-state index is 9.84. The molecule has 33 heavy (non-hydrogen) atoms. The van der Waals surface area contributed by atoms with Gasteiger partial charge in [0.05, 0.1) is 25.5 Å². The number of para-hydroxylation sites is 1. The Kier molecular flexibility index (Phi) is 7.03. The normalized spacial score (nSPS) is 11.0. The average molecular weight is 455 g/mol. The number of hydrogen-bond donors (Lipinski definition) is 0. The summed E-state index contributed by atoms with van der Waals surface area (Å²) < 4.78 is 16.7. The predicted octanol–water partition coefficient (Wildman–Crippen LogP) is 6.47. The average Bonchev–Trinajstić information content (AvgIpc) is 3.37. The van der Waals surface area contributed by atoms with Crippen LogP contribution in [0.3, 0.4) is 0 Å². The number of thiazole rings is 1.